The van der Waals surface area contributed by atoms with Gasteiger partial charge in [0.15, 0.2) is 0 Å². The molecule has 0 saturated heterocycles. The van der Waals surface area contributed by atoms with Crippen LogP contribution in [0.15, 0.2) is 41.4 Å². The number of hydrogen-bond acceptors (Lipinski definition) is 3. The second-order valence-corrected chi connectivity index (χ2v) is 6.54. The number of rotatable bonds is 6. The van der Waals surface area contributed by atoms with Crippen LogP contribution in [0.5, 0.6) is 11.5 Å². The molecule has 0 aromatic heterocycles. The topological polar surface area (TPSA) is 46.3 Å². The molecule has 0 fully saturated rings. The van der Waals surface area contributed by atoms with Crippen molar-refractivity contribution < 1.29 is 14.7 Å². The number of nitrogens with zero attached hydrogens (tertiary/aromatic N) is 1. The largest absolute Gasteiger partial charge is 0.506 e. The minimum absolute atomic E-state index is 0.0177. The highest BCUT2D eigenvalue weighted by Gasteiger charge is 2.21. The van der Waals surface area contributed by atoms with Gasteiger partial charge in [-0.2, -0.15) is 0 Å². The fraction of sp³-hybridized carbons (Fsp3) is 0.278. The molecule has 0 aliphatic rings. The molecule has 0 saturated carbocycles. The molecule has 24 heavy (non-hydrogen) atoms. The first-order valence-electron chi connectivity index (χ1n) is 7.54. The number of aliphatic imine (C=N–C) groups is 1. The van der Waals surface area contributed by atoms with Gasteiger partial charge in [0.2, 0.25) is 0 Å². The van der Waals surface area contributed by atoms with Gasteiger partial charge in [0.25, 0.3) is 0 Å². The number of nitrogens with one attached hydrogen (secondary N) is 1. The highest BCUT2D eigenvalue weighted by atomic mass is 35.5. The zero-order chi connectivity index (χ0) is 17.7. The quantitative estimate of drug-likeness (QED) is 0.770. The molecule has 0 aliphatic carbocycles. The van der Waals surface area contributed by atoms with E-state index in [0.29, 0.717) is 17.1 Å². The van der Waals surface area contributed by atoms with Gasteiger partial charge in [0.1, 0.15) is 17.5 Å². The van der Waals surface area contributed by atoms with E-state index in [1.807, 2.05) is 24.3 Å². The number of para-hydroxylation sites is 1. The van der Waals surface area contributed by atoms with E-state index in [1.165, 1.54) is 11.0 Å². The van der Waals surface area contributed by atoms with Crippen LogP contribution in [0, 0.1) is 0 Å². The molecule has 2 aromatic rings. The standard InChI is InChI=1S/C18H20Cl2N2O2/c1-22(2)16(14-6-4-5-7-17(14)24-3)11-21-10-12-8-13(19)9-15(20)18(12)23/h4-10,16,23H,11H2,1-3H3/p+1/t16-/m1/s1. The Labute approximate surface area is 152 Å². The Morgan fingerprint density at radius 1 is 1.25 bits per heavy atom. The van der Waals surface area contributed by atoms with Gasteiger partial charge in [-0.1, -0.05) is 35.3 Å². The number of quaternary nitrogens is 1. The smallest absolute Gasteiger partial charge is 0.143 e. The van der Waals surface area contributed by atoms with Crippen molar-refractivity contribution in [3.05, 3.63) is 57.6 Å². The predicted molar refractivity (Wildman–Crippen MR) is 99.1 cm³/mol. The van der Waals surface area contributed by atoms with Gasteiger partial charge in [0.05, 0.1) is 38.3 Å². The summed E-state index contributed by atoms with van der Waals surface area (Å²) in [5.74, 6) is 0.823. The van der Waals surface area contributed by atoms with E-state index >= 15 is 0 Å². The molecule has 0 radical (unpaired) electrons. The summed E-state index contributed by atoms with van der Waals surface area (Å²) in [4.78, 5) is 5.71. The first-order chi connectivity index (χ1) is 11.4. The highest BCUT2D eigenvalue weighted by molar-refractivity contribution is 6.36. The Balaban J connectivity index is 2.24. The van der Waals surface area contributed by atoms with Crippen LogP contribution in [0.3, 0.4) is 0 Å². The summed E-state index contributed by atoms with van der Waals surface area (Å²) in [6.45, 7) is 0.534. The minimum atomic E-state index is -0.0177. The molecule has 0 aliphatic heterocycles. The Morgan fingerprint density at radius 2 is 1.96 bits per heavy atom. The minimum Gasteiger partial charge on any atom is -0.506 e. The third-order valence-corrected chi connectivity index (χ3v) is 4.29. The maximum Gasteiger partial charge on any atom is 0.143 e. The summed E-state index contributed by atoms with van der Waals surface area (Å²) in [6, 6.07) is 11.2. The molecule has 2 aromatic carbocycles. The van der Waals surface area contributed by atoms with Crippen molar-refractivity contribution in [1.29, 1.82) is 0 Å². The number of aromatic hydroxyl groups is 1. The number of halogens is 2. The molecule has 6 heteroatoms. The fourth-order valence-corrected chi connectivity index (χ4v) is 3.00. The third kappa shape index (κ3) is 4.41. The predicted octanol–water partition coefficient (Wildman–Crippen LogP) is 3.01. The SMILES string of the molecule is COc1ccccc1[C@@H](CN=Cc1cc(Cl)cc(Cl)c1O)[NH+](C)C. The zero-order valence-electron chi connectivity index (χ0n) is 13.9. The third-order valence-electron chi connectivity index (χ3n) is 3.79. The van der Waals surface area contributed by atoms with E-state index in [2.05, 4.69) is 19.1 Å². The van der Waals surface area contributed by atoms with Crippen LogP contribution in [-0.4, -0.2) is 39.1 Å². The molecule has 0 bridgehead atoms. The Kier molecular flexibility index (Phi) is 6.49. The van der Waals surface area contributed by atoms with E-state index < -0.39 is 0 Å². The van der Waals surface area contributed by atoms with Gasteiger partial charge in [-0.3, -0.25) is 4.99 Å². The molecule has 128 valence electrons. The van der Waals surface area contributed by atoms with Crippen LogP contribution < -0.4 is 9.64 Å². The summed E-state index contributed by atoms with van der Waals surface area (Å²) in [6.07, 6.45) is 1.60. The Morgan fingerprint density at radius 3 is 2.62 bits per heavy atom. The van der Waals surface area contributed by atoms with Crippen molar-refractivity contribution in [2.75, 3.05) is 27.7 Å². The summed E-state index contributed by atoms with van der Waals surface area (Å²) in [5, 5.41) is 10.7. The average molecular weight is 368 g/mol. The molecular formula is C18H21Cl2N2O2+. The number of methoxy groups -OCH3 is 1. The second kappa shape index (κ2) is 8.38. The van der Waals surface area contributed by atoms with Gasteiger partial charge in [-0.05, 0) is 24.3 Å². The van der Waals surface area contributed by atoms with Gasteiger partial charge < -0.3 is 14.7 Å². The lowest BCUT2D eigenvalue weighted by atomic mass is 10.0. The molecule has 0 spiro atoms. The van der Waals surface area contributed by atoms with E-state index in [4.69, 9.17) is 27.9 Å². The van der Waals surface area contributed by atoms with Crippen LogP contribution >= 0.6 is 23.2 Å². The van der Waals surface area contributed by atoms with Crippen LogP contribution in [0.2, 0.25) is 10.0 Å². The van der Waals surface area contributed by atoms with Crippen molar-refractivity contribution >= 4 is 29.4 Å². The lowest BCUT2D eigenvalue weighted by molar-refractivity contribution is -0.890. The van der Waals surface area contributed by atoms with Crippen molar-refractivity contribution in [3.63, 3.8) is 0 Å². The zero-order valence-corrected chi connectivity index (χ0v) is 15.4. The first-order valence-corrected chi connectivity index (χ1v) is 8.30. The van der Waals surface area contributed by atoms with Crippen molar-refractivity contribution in [1.82, 2.24) is 0 Å². The van der Waals surface area contributed by atoms with E-state index in [9.17, 15) is 5.11 Å². The van der Waals surface area contributed by atoms with Crippen LogP contribution in [0.1, 0.15) is 17.2 Å². The summed E-state index contributed by atoms with van der Waals surface area (Å²) in [7, 11) is 5.80. The Bertz CT molecular complexity index is 733. The number of hydrogen-bond donors (Lipinski definition) is 2. The van der Waals surface area contributed by atoms with Crippen LogP contribution in [0.25, 0.3) is 0 Å². The maximum atomic E-state index is 9.99. The highest BCUT2D eigenvalue weighted by Crippen LogP contribution is 2.30. The maximum absolute atomic E-state index is 9.99. The molecule has 2 N–H and O–H groups in total. The molecule has 1 atom stereocenters. The van der Waals surface area contributed by atoms with Crippen molar-refractivity contribution in [2.24, 2.45) is 4.99 Å². The van der Waals surface area contributed by atoms with Crippen LogP contribution in [-0.2, 0) is 0 Å². The summed E-state index contributed by atoms with van der Waals surface area (Å²) in [5.41, 5.74) is 1.59. The van der Waals surface area contributed by atoms with Gasteiger partial charge in [0, 0.05) is 16.8 Å². The normalized spacial score (nSPS) is 12.8. The monoisotopic (exact) mass is 367 g/mol. The van der Waals surface area contributed by atoms with Crippen LogP contribution in [0.4, 0.5) is 0 Å². The van der Waals surface area contributed by atoms with E-state index in [0.717, 1.165) is 11.3 Å². The fourth-order valence-electron chi connectivity index (χ4n) is 2.49. The number of phenols is 1. The van der Waals surface area contributed by atoms with Crippen molar-refractivity contribution in [2.45, 2.75) is 6.04 Å². The molecule has 0 amide bonds. The average Bonchev–Trinajstić information content (AvgIpc) is 2.55. The van der Waals surface area contributed by atoms with E-state index in [1.54, 1.807) is 19.4 Å². The first kappa shape index (κ1) is 18.6. The molecule has 0 unspecified atom stereocenters. The number of phenolic OH excluding ortho intramolecular Hbond substituents is 1. The van der Waals surface area contributed by atoms with Gasteiger partial charge in [-0.15, -0.1) is 0 Å². The summed E-state index contributed by atoms with van der Waals surface area (Å²) >= 11 is 11.9. The molecule has 2 rings (SSSR count). The molecular weight excluding hydrogens is 347 g/mol. The Hall–Kier alpha value is -1.75. The molecule has 4 nitrogen and oxygen atoms in total. The molecule has 0 heterocycles. The van der Waals surface area contributed by atoms with Crippen molar-refractivity contribution in [3.8, 4) is 11.5 Å². The van der Waals surface area contributed by atoms with Gasteiger partial charge >= 0.3 is 0 Å². The van der Waals surface area contributed by atoms with Gasteiger partial charge in [-0.25, -0.2) is 0 Å². The lowest BCUT2D eigenvalue weighted by Gasteiger charge is -2.21. The number of likely N-dealkylation sites (N-methyl/N-ethyl adjacent to an activating group) is 1. The lowest BCUT2D eigenvalue weighted by Crippen LogP contribution is -3.06. The number of ether oxygens (including phenoxy) is 1. The number of benzene rings is 2. The second-order valence-electron chi connectivity index (χ2n) is 5.69. The van der Waals surface area contributed by atoms with E-state index in [-0.39, 0.29) is 16.8 Å². The summed E-state index contributed by atoms with van der Waals surface area (Å²) < 4.78 is 5.45.